The van der Waals surface area contributed by atoms with Crippen molar-refractivity contribution in [3.05, 3.63) is 46.7 Å². The van der Waals surface area contributed by atoms with Crippen LogP contribution in [0.1, 0.15) is 5.56 Å². The van der Waals surface area contributed by atoms with Gasteiger partial charge in [-0.05, 0) is 34.5 Å². The smallest absolute Gasteiger partial charge is 0.402 e. The molecule has 126 valence electrons. The summed E-state index contributed by atoms with van der Waals surface area (Å²) in [4.78, 5) is -0.240. The van der Waals surface area contributed by atoms with Crippen molar-refractivity contribution in [2.24, 2.45) is 0 Å². The quantitative estimate of drug-likeness (QED) is 0.787. The number of methoxy groups -OCH3 is 1. The first-order chi connectivity index (χ1) is 10.7. The summed E-state index contributed by atoms with van der Waals surface area (Å²) in [6, 6.07) is 6.98. The Hall–Kier alpha value is -1.58. The normalized spacial score (nSPS) is 12.6. The molecule has 1 aromatic heterocycles. The van der Waals surface area contributed by atoms with Crippen molar-refractivity contribution in [1.82, 2.24) is 4.31 Å². The molecule has 4 nitrogen and oxygen atoms in total. The molecule has 0 radical (unpaired) electrons. The molecule has 23 heavy (non-hydrogen) atoms. The zero-order chi connectivity index (χ0) is 17.1. The van der Waals surface area contributed by atoms with E-state index in [-0.39, 0.29) is 17.2 Å². The zero-order valence-electron chi connectivity index (χ0n) is 12.1. The molecule has 2 aromatic rings. The van der Waals surface area contributed by atoms with E-state index >= 15 is 0 Å². The minimum absolute atomic E-state index is 0.240. The highest BCUT2D eigenvalue weighted by atomic mass is 32.2. The van der Waals surface area contributed by atoms with Gasteiger partial charge in [-0.15, -0.1) is 0 Å². The van der Waals surface area contributed by atoms with Crippen LogP contribution in [0.25, 0.3) is 0 Å². The third-order valence-corrected chi connectivity index (χ3v) is 5.49. The average molecular weight is 365 g/mol. The van der Waals surface area contributed by atoms with Crippen molar-refractivity contribution >= 4 is 21.4 Å². The summed E-state index contributed by atoms with van der Waals surface area (Å²) in [7, 11) is -2.95. The highest BCUT2D eigenvalue weighted by Crippen LogP contribution is 2.26. The minimum Gasteiger partial charge on any atom is -0.497 e. The van der Waals surface area contributed by atoms with Gasteiger partial charge in [0, 0.05) is 12.6 Å². The number of alkyl halides is 3. The van der Waals surface area contributed by atoms with Crippen LogP contribution in [0, 0.1) is 0 Å². The van der Waals surface area contributed by atoms with Crippen molar-refractivity contribution in [2.75, 3.05) is 13.7 Å². The molecule has 0 bridgehead atoms. The second-order valence-corrected chi connectivity index (χ2v) is 7.42. The average Bonchev–Trinajstić information content (AvgIpc) is 2.98. The Bertz CT molecular complexity index is 743. The standard InChI is InChI=1S/C14H14F3NO3S2/c1-21-12-3-2-4-13(7-12)23(19,20)18(10-14(15,16)17)8-11-5-6-22-9-11/h2-7,9H,8,10H2,1H3. The molecule has 1 aromatic carbocycles. The Balaban J connectivity index is 2.38. The topological polar surface area (TPSA) is 46.6 Å². The van der Waals surface area contributed by atoms with Gasteiger partial charge in [0.2, 0.25) is 10.0 Å². The molecule has 1 heterocycles. The lowest BCUT2D eigenvalue weighted by atomic mass is 10.3. The third-order valence-electron chi connectivity index (χ3n) is 2.97. The van der Waals surface area contributed by atoms with E-state index in [2.05, 4.69) is 0 Å². The maximum absolute atomic E-state index is 12.8. The number of nitrogens with zero attached hydrogens (tertiary/aromatic N) is 1. The van der Waals surface area contributed by atoms with Crippen LogP contribution in [0.15, 0.2) is 46.0 Å². The maximum atomic E-state index is 12.8. The third kappa shape index (κ3) is 4.69. The Kier molecular flexibility index (Phi) is 5.33. The number of benzene rings is 1. The number of rotatable bonds is 6. The largest absolute Gasteiger partial charge is 0.497 e. The van der Waals surface area contributed by atoms with E-state index in [4.69, 9.17) is 4.74 Å². The van der Waals surface area contributed by atoms with Crippen LogP contribution in [0.3, 0.4) is 0 Å². The van der Waals surface area contributed by atoms with Gasteiger partial charge >= 0.3 is 6.18 Å². The van der Waals surface area contributed by atoms with E-state index in [1.807, 2.05) is 0 Å². The molecule has 0 amide bonds. The number of halogens is 3. The first-order valence-electron chi connectivity index (χ1n) is 6.44. The van der Waals surface area contributed by atoms with Gasteiger partial charge in [-0.1, -0.05) is 6.07 Å². The van der Waals surface area contributed by atoms with Crippen LogP contribution in [0.4, 0.5) is 13.2 Å². The fraction of sp³-hybridized carbons (Fsp3) is 0.286. The van der Waals surface area contributed by atoms with E-state index in [9.17, 15) is 21.6 Å². The lowest BCUT2D eigenvalue weighted by Gasteiger charge is -2.23. The molecule has 0 aliphatic heterocycles. The number of hydrogen-bond acceptors (Lipinski definition) is 4. The van der Waals surface area contributed by atoms with Crippen molar-refractivity contribution in [3.8, 4) is 5.75 Å². The molecule has 0 saturated heterocycles. The monoisotopic (exact) mass is 365 g/mol. The second kappa shape index (κ2) is 6.90. The summed E-state index contributed by atoms with van der Waals surface area (Å²) in [5, 5.41) is 3.30. The Morgan fingerprint density at radius 1 is 1.26 bits per heavy atom. The van der Waals surface area contributed by atoms with Crippen LogP contribution in [0.5, 0.6) is 5.75 Å². The lowest BCUT2D eigenvalue weighted by molar-refractivity contribution is -0.136. The van der Waals surface area contributed by atoms with E-state index in [0.29, 0.717) is 9.87 Å². The Morgan fingerprint density at radius 3 is 2.57 bits per heavy atom. The molecule has 9 heteroatoms. The van der Waals surface area contributed by atoms with Crippen LogP contribution in [0.2, 0.25) is 0 Å². The van der Waals surface area contributed by atoms with Crippen molar-refractivity contribution in [2.45, 2.75) is 17.6 Å². The van der Waals surface area contributed by atoms with Crippen LogP contribution < -0.4 is 4.74 Å². The summed E-state index contributed by atoms with van der Waals surface area (Å²) >= 11 is 1.29. The fourth-order valence-corrected chi connectivity index (χ4v) is 4.03. The molecule has 2 rings (SSSR count). The summed E-state index contributed by atoms with van der Waals surface area (Å²) in [5.74, 6) is 0.258. The lowest BCUT2D eigenvalue weighted by Crippen LogP contribution is -2.38. The van der Waals surface area contributed by atoms with Gasteiger partial charge in [-0.2, -0.15) is 28.8 Å². The number of ether oxygens (including phenoxy) is 1. The summed E-state index contributed by atoms with van der Waals surface area (Å²) in [6.45, 7) is -1.90. The fourth-order valence-electron chi connectivity index (χ4n) is 1.92. The molecule has 0 atom stereocenters. The molecular formula is C14H14F3NO3S2. The van der Waals surface area contributed by atoms with Gasteiger partial charge in [-0.25, -0.2) is 8.42 Å². The summed E-state index contributed by atoms with van der Waals surface area (Å²) < 4.78 is 68.9. The highest BCUT2D eigenvalue weighted by Gasteiger charge is 2.37. The second-order valence-electron chi connectivity index (χ2n) is 4.70. The predicted molar refractivity (Wildman–Crippen MR) is 81.0 cm³/mol. The van der Waals surface area contributed by atoms with Crippen LogP contribution in [-0.2, 0) is 16.6 Å². The van der Waals surface area contributed by atoms with Gasteiger partial charge in [0.15, 0.2) is 0 Å². The molecule has 0 spiro atoms. The number of sulfonamides is 1. The van der Waals surface area contributed by atoms with Crippen molar-refractivity contribution in [1.29, 1.82) is 0 Å². The SMILES string of the molecule is COc1cccc(S(=O)(=O)N(Cc2ccsc2)CC(F)(F)F)c1. The van der Waals surface area contributed by atoms with Gasteiger partial charge in [0.1, 0.15) is 12.3 Å². The molecule has 0 saturated carbocycles. The van der Waals surface area contributed by atoms with Crippen LogP contribution >= 0.6 is 11.3 Å². The number of hydrogen-bond donors (Lipinski definition) is 0. The van der Waals surface area contributed by atoms with E-state index in [0.717, 1.165) is 0 Å². The van der Waals surface area contributed by atoms with E-state index in [1.165, 1.54) is 42.7 Å². The van der Waals surface area contributed by atoms with Crippen molar-refractivity contribution < 1.29 is 26.3 Å². The molecule has 0 aliphatic carbocycles. The minimum atomic E-state index is -4.64. The predicted octanol–water partition coefficient (Wildman–Crippen LogP) is 3.51. The summed E-state index contributed by atoms with van der Waals surface area (Å²) in [6.07, 6.45) is -4.64. The molecular weight excluding hydrogens is 351 g/mol. The van der Waals surface area contributed by atoms with E-state index < -0.39 is 22.7 Å². The van der Waals surface area contributed by atoms with Gasteiger partial charge < -0.3 is 4.74 Å². The first-order valence-corrected chi connectivity index (χ1v) is 8.83. The summed E-state index contributed by atoms with van der Waals surface area (Å²) in [5.41, 5.74) is 0.505. The molecule has 0 unspecified atom stereocenters. The van der Waals surface area contributed by atoms with Gasteiger partial charge in [0.05, 0.1) is 12.0 Å². The maximum Gasteiger partial charge on any atom is 0.402 e. The highest BCUT2D eigenvalue weighted by molar-refractivity contribution is 7.89. The molecule has 0 fully saturated rings. The van der Waals surface area contributed by atoms with E-state index in [1.54, 1.807) is 16.8 Å². The van der Waals surface area contributed by atoms with Crippen molar-refractivity contribution in [3.63, 3.8) is 0 Å². The number of thiophene rings is 1. The molecule has 0 aliphatic rings. The molecule has 0 N–H and O–H groups in total. The Morgan fingerprint density at radius 2 is 2.00 bits per heavy atom. The van der Waals surface area contributed by atoms with Gasteiger partial charge in [0.25, 0.3) is 0 Å². The zero-order valence-corrected chi connectivity index (χ0v) is 13.7. The first kappa shape index (κ1) is 17.8. The van der Waals surface area contributed by atoms with Gasteiger partial charge in [-0.3, -0.25) is 0 Å². The Labute approximate surface area is 136 Å². The van der Waals surface area contributed by atoms with Crippen LogP contribution in [-0.4, -0.2) is 32.6 Å².